The first-order valence-electron chi connectivity index (χ1n) is 5.01. The number of nitrogens with zero attached hydrogens (tertiary/aromatic N) is 2. The molecule has 0 aromatic heterocycles. The van der Waals surface area contributed by atoms with Crippen LogP contribution in [0.1, 0.15) is 16.7 Å². The lowest BCUT2D eigenvalue weighted by molar-refractivity contribution is -0.386. The number of benzene rings is 1. The van der Waals surface area contributed by atoms with Crippen LogP contribution in [0.15, 0.2) is 9.57 Å². The van der Waals surface area contributed by atoms with E-state index >= 15 is 0 Å². The Hall–Kier alpha value is -2.16. The second-order valence-corrected chi connectivity index (χ2v) is 4.46. The largest absolute Gasteiger partial charge is 0.506 e. The van der Waals surface area contributed by atoms with Crippen molar-refractivity contribution in [3.05, 3.63) is 31.3 Å². The minimum atomic E-state index is -0.880. The summed E-state index contributed by atoms with van der Waals surface area (Å²) in [6.07, 6.45) is 1.09. The van der Waals surface area contributed by atoms with E-state index in [1.165, 1.54) is 13.8 Å². The lowest BCUT2D eigenvalue weighted by Gasteiger charge is -2.10. The molecular weight excluding hydrogens is 320 g/mol. The number of carbonyl (C=O) groups excluding carboxylic acids is 1. The molecule has 0 fully saturated rings. The molecule has 0 unspecified atom stereocenters. The molecule has 0 aliphatic carbocycles. The molecule has 0 heterocycles. The van der Waals surface area contributed by atoms with Gasteiger partial charge in [-0.05, 0) is 29.8 Å². The van der Waals surface area contributed by atoms with Crippen LogP contribution in [0, 0.1) is 24.0 Å². The number of nitro groups is 1. The number of hydrogen-bond donors (Lipinski definition) is 3. The van der Waals surface area contributed by atoms with Gasteiger partial charge in [0.05, 0.1) is 15.6 Å². The van der Waals surface area contributed by atoms with Gasteiger partial charge < -0.3 is 10.8 Å². The van der Waals surface area contributed by atoms with Crippen molar-refractivity contribution in [2.24, 2.45) is 10.8 Å². The summed E-state index contributed by atoms with van der Waals surface area (Å²) < 4.78 is 0.199. The minimum absolute atomic E-state index is 0.123. The molecular formula is C10H11BrN4O4. The predicted octanol–water partition coefficient (Wildman–Crippen LogP) is 1.68. The third-order valence-corrected chi connectivity index (χ3v) is 3.43. The smallest absolute Gasteiger partial charge is 0.332 e. The number of phenolic OH excluding ortho intramolecular Hbond substituents is 1. The van der Waals surface area contributed by atoms with Crippen LogP contribution >= 0.6 is 15.9 Å². The maximum atomic E-state index is 11.0. The maximum Gasteiger partial charge on any atom is 0.332 e. The molecule has 1 aromatic rings. The van der Waals surface area contributed by atoms with E-state index in [1.54, 1.807) is 0 Å². The van der Waals surface area contributed by atoms with Gasteiger partial charge in [-0.3, -0.25) is 10.1 Å². The highest BCUT2D eigenvalue weighted by Crippen LogP contribution is 2.39. The molecule has 2 amide bonds. The van der Waals surface area contributed by atoms with Crippen molar-refractivity contribution in [1.29, 1.82) is 0 Å². The van der Waals surface area contributed by atoms with Gasteiger partial charge in [-0.1, -0.05) is 0 Å². The summed E-state index contributed by atoms with van der Waals surface area (Å²) in [7, 11) is 0. The van der Waals surface area contributed by atoms with Gasteiger partial charge in [0.1, 0.15) is 5.75 Å². The van der Waals surface area contributed by atoms with Crippen molar-refractivity contribution in [3.63, 3.8) is 0 Å². The molecule has 8 nitrogen and oxygen atoms in total. The van der Waals surface area contributed by atoms with Crippen molar-refractivity contribution in [2.75, 3.05) is 0 Å². The molecule has 0 atom stereocenters. The van der Waals surface area contributed by atoms with E-state index in [1.807, 2.05) is 5.43 Å². The van der Waals surface area contributed by atoms with Crippen LogP contribution < -0.4 is 11.2 Å². The number of hydrazone groups is 1. The van der Waals surface area contributed by atoms with Crippen molar-refractivity contribution in [3.8, 4) is 5.75 Å². The molecule has 19 heavy (non-hydrogen) atoms. The Morgan fingerprint density at radius 1 is 1.53 bits per heavy atom. The molecule has 0 saturated carbocycles. The van der Waals surface area contributed by atoms with Crippen molar-refractivity contribution in [1.82, 2.24) is 5.43 Å². The standard InChI is InChI=1S/C10H11BrN4O4/c1-4-6(3-13-14-10(12)17)9(16)7(11)5(2)8(4)15(18)19/h3,16H,1-2H3,(H3,12,14,17). The van der Waals surface area contributed by atoms with Gasteiger partial charge in [0.15, 0.2) is 0 Å². The first-order valence-corrected chi connectivity index (χ1v) is 5.81. The summed E-state index contributed by atoms with van der Waals surface area (Å²) >= 11 is 3.08. The fourth-order valence-corrected chi connectivity index (χ4v) is 1.98. The van der Waals surface area contributed by atoms with Crippen LogP contribution in [-0.2, 0) is 0 Å². The molecule has 0 spiro atoms. The highest BCUT2D eigenvalue weighted by atomic mass is 79.9. The van der Waals surface area contributed by atoms with Gasteiger partial charge in [0, 0.05) is 16.7 Å². The van der Waals surface area contributed by atoms with E-state index < -0.39 is 11.0 Å². The summed E-state index contributed by atoms with van der Waals surface area (Å²) in [6, 6.07) is -0.880. The molecule has 0 bridgehead atoms. The predicted molar refractivity (Wildman–Crippen MR) is 72.2 cm³/mol. The summed E-state index contributed by atoms with van der Waals surface area (Å²) in [5.41, 5.74) is 7.29. The van der Waals surface area contributed by atoms with Crippen molar-refractivity contribution < 1.29 is 14.8 Å². The normalized spacial score (nSPS) is 10.7. The van der Waals surface area contributed by atoms with Crippen molar-refractivity contribution >= 4 is 33.9 Å². The number of aromatic hydroxyl groups is 1. The fourth-order valence-electron chi connectivity index (χ4n) is 1.58. The number of phenols is 1. The summed E-state index contributed by atoms with van der Waals surface area (Å²) in [4.78, 5) is 20.9. The average molecular weight is 331 g/mol. The van der Waals surface area contributed by atoms with E-state index in [2.05, 4.69) is 21.0 Å². The van der Waals surface area contributed by atoms with Gasteiger partial charge in [0.25, 0.3) is 5.69 Å². The van der Waals surface area contributed by atoms with Crippen LogP contribution in [0.25, 0.3) is 0 Å². The number of nitrogens with one attached hydrogen (secondary N) is 1. The molecule has 1 aromatic carbocycles. The second-order valence-electron chi connectivity index (χ2n) is 3.67. The van der Waals surface area contributed by atoms with Gasteiger partial charge in [0.2, 0.25) is 0 Å². The summed E-state index contributed by atoms with van der Waals surface area (Å²) in [5.74, 6) is -0.198. The number of rotatable bonds is 3. The number of urea groups is 1. The van der Waals surface area contributed by atoms with Crippen LogP contribution in [-0.4, -0.2) is 22.3 Å². The number of nitro benzene ring substituents is 1. The highest BCUT2D eigenvalue weighted by molar-refractivity contribution is 9.10. The molecule has 0 radical (unpaired) electrons. The lowest BCUT2D eigenvalue weighted by atomic mass is 10.0. The fraction of sp³-hybridized carbons (Fsp3) is 0.200. The van der Waals surface area contributed by atoms with E-state index in [0.29, 0.717) is 5.56 Å². The van der Waals surface area contributed by atoms with Gasteiger partial charge >= 0.3 is 6.03 Å². The third-order valence-electron chi connectivity index (χ3n) is 2.46. The molecule has 1 rings (SSSR count). The highest BCUT2D eigenvalue weighted by Gasteiger charge is 2.24. The first-order chi connectivity index (χ1) is 8.77. The minimum Gasteiger partial charge on any atom is -0.506 e. The zero-order valence-corrected chi connectivity index (χ0v) is 11.7. The van der Waals surface area contributed by atoms with Crippen LogP contribution in [0.5, 0.6) is 5.75 Å². The first kappa shape index (κ1) is 14.9. The molecule has 0 aliphatic heterocycles. The van der Waals surface area contributed by atoms with Crippen LogP contribution in [0.4, 0.5) is 10.5 Å². The van der Waals surface area contributed by atoms with Gasteiger partial charge in [-0.25, -0.2) is 10.2 Å². The third kappa shape index (κ3) is 2.99. The molecule has 0 aliphatic rings. The van der Waals surface area contributed by atoms with E-state index in [9.17, 15) is 20.0 Å². The summed E-state index contributed by atoms with van der Waals surface area (Å²) in [5, 5.41) is 24.4. The van der Waals surface area contributed by atoms with Crippen LogP contribution in [0.3, 0.4) is 0 Å². The Labute approximate surface area is 116 Å². The molecule has 9 heteroatoms. The van der Waals surface area contributed by atoms with E-state index in [-0.39, 0.29) is 27.0 Å². The Morgan fingerprint density at radius 3 is 2.58 bits per heavy atom. The van der Waals surface area contributed by atoms with Gasteiger partial charge in [-0.15, -0.1) is 0 Å². The van der Waals surface area contributed by atoms with E-state index in [0.717, 1.165) is 6.21 Å². The number of hydrogen-bond acceptors (Lipinski definition) is 5. The maximum absolute atomic E-state index is 11.0. The van der Waals surface area contributed by atoms with Crippen molar-refractivity contribution in [2.45, 2.75) is 13.8 Å². The topological polar surface area (TPSA) is 131 Å². The number of amides is 2. The Balaban J connectivity index is 3.44. The molecule has 0 saturated heterocycles. The zero-order valence-electron chi connectivity index (χ0n) is 10.1. The summed E-state index contributed by atoms with van der Waals surface area (Å²) in [6.45, 7) is 2.99. The Kier molecular flexibility index (Phi) is 4.43. The number of primary amides is 1. The second kappa shape index (κ2) is 5.65. The number of nitrogens with two attached hydrogens (primary N) is 1. The molecule has 4 N–H and O–H groups in total. The van der Waals surface area contributed by atoms with Crippen LogP contribution in [0.2, 0.25) is 0 Å². The molecule has 102 valence electrons. The quantitative estimate of drug-likeness (QED) is 0.442. The zero-order chi connectivity index (χ0) is 14.7. The monoisotopic (exact) mass is 330 g/mol. The average Bonchev–Trinajstić information content (AvgIpc) is 2.30. The van der Waals surface area contributed by atoms with Gasteiger partial charge in [-0.2, -0.15) is 5.10 Å². The SMILES string of the molecule is Cc1c(Br)c(O)c(C=NNC(N)=O)c(C)c1[N+](=O)[O-]. The lowest BCUT2D eigenvalue weighted by Crippen LogP contribution is -2.24. The number of carbonyl (C=O) groups is 1. The Bertz CT molecular complexity index is 586. The Morgan fingerprint density at radius 2 is 2.11 bits per heavy atom. The van der Waals surface area contributed by atoms with E-state index in [4.69, 9.17) is 5.73 Å². The number of halogens is 1.